The number of amides is 1. The maximum atomic E-state index is 11.8. The van der Waals surface area contributed by atoms with Gasteiger partial charge in [-0.25, -0.2) is 0 Å². The average molecular weight is 411 g/mol. The second kappa shape index (κ2) is 11.1. The molecule has 30 heavy (non-hydrogen) atoms. The van der Waals surface area contributed by atoms with Gasteiger partial charge in [-0.3, -0.25) is 9.79 Å². The lowest BCUT2D eigenvalue weighted by atomic mass is 10.1. The highest BCUT2D eigenvalue weighted by Gasteiger charge is 2.19. The van der Waals surface area contributed by atoms with Crippen molar-refractivity contribution in [3.05, 3.63) is 59.7 Å². The summed E-state index contributed by atoms with van der Waals surface area (Å²) in [5, 5.41) is 6.54. The molecule has 0 radical (unpaired) electrons. The van der Waals surface area contributed by atoms with E-state index in [1.54, 1.807) is 14.2 Å². The van der Waals surface area contributed by atoms with Crippen LogP contribution in [-0.2, 0) is 17.9 Å². The molecular weight excluding hydrogens is 380 g/mol. The highest BCUT2D eigenvalue weighted by Crippen LogP contribution is 2.17. The van der Waals surface area contributed by atoms with E-state index in [1.165, 1.54) is 0 Å². The van der Waals surface area contributed by atoms with E-state index in [0.717, 1.165) is 41.6 Å². The van der Waals surface area contributed by atoms with Gasteiger partial charge >= 0.3 is 0 Å². The number of likely N-dealkylation sites (tertiary alicyclic amines) is 1. The third-order valence-corrected chi connectivity index (χ3v) is 4.97. The van der Waals surface area contributed by atoms with E-state index in [0.29, 0.717) is 32.7 Å². The van der Waals surface area contributed by atoms with E-state index in [-0.39, 0.29) is 5.91 Å². The molecule has 7 heteroatoms. The molecule has 0 bridgehead atoms. The topological polar surface area (TPSA) is 75.2 Å². The largest absolute Gasteiger partial charge is 0.497 e. The van der Waals surface area contributed by atoms with Crippen molar-refractivity contribution in [2.45, 2.75) is 25.9 Å². The van der Waals surface area contributed by atoms with Crippen LogP contribution in [0.3, 0.4) is 0 Å². The summed E-state index contributed by atoms with van der Waals surface area (Å²) in [7, 11) is 3.39. The minimum atomic E-state index is 0.256. The SMILES string of the molecule is CN=C(NCCOc1ccc(OC)cc1)NCc1ccc(CN2CCCC2=O)cc1. The summed E-state index contributed by atoms with van der Waals surface area (Å²) in [4.78, 5) is 17.9. The molecule has 160 valence electrons. The lowest BCUT2D eigenvalue weighted by Crippen LogP contribution is -2.38. The first-order chi connectivity index (χ1) is 14.7. The Bertz CT molecular complexity index is 835. The Balaban J connectivity index is 1.36. The van der Waals surface area contributed by atoms with Gasteiger partial charge in [-0.15, -0.1) is 0 Å². The number of hydrogen-bond donors (Lipinski definition) is 2. The number of carbonyl (C=O) groups excluding carboxylic acids is 1. The van der Waals surface area contributed by atoms with Crippen LogP contribution in [0.25, 0.3) is 0 Å². The summed E-state index contributed by atoms with van der Waals surface area (Å²) < 4.78 is 10.8. The van der Waals surface area contributed by atoms with E-state index >= 15 is 0 Å². The third kappa shape index (κ3) is 6.40. The zero-order valence-corrected chi connectivity index (χ0v) is 17.7. The Hall–Kier alpha value is -3.22. The molecule has 0 spiro atoms. The Kier molecular flexibility index (Phi) is 7.94. The predicted molar refractivity (Wildman–Crippen MR) is 118 cm³/mol. The van der Waals surface area contributed by atoms with Gasteiger partial charge in [-0.05, 0) is 41.8 Å². The number of nitrogens with zero attached hydrogens (tertiary/aromatic N) is 2. The van der Waals surface area contributed by atoms with Crippen molar-refractivity contribution in [2.24, 2.45) is 4.99 Å². The maximum absolute atomic E-state index is 11.8. The van der Waals surface area contributed by atoms with Crippen LogP contribution in [-0.4, -0.2) is 50.6 Å². The summed E-state index contributed by atoms with van der Waals surface area (Å²) in [6, 6.07) is 15.9. The molecule has 2 N–H and O–H groups in total. The Morgan fingerprint density at radius 2 is 1.73 bits per heavy atom. The van der Waals surface area contributed by atoms with Gasteiger partial charge in [-0.2, -0.15) is 0 Å². The molecule has 0 aromatic heterocycles. The fraction of sp³-hybridized carbons (Fsp3) is 0.391. The van der Waals surface area contributed by atoms with Crippen LogP contribution in [0.15, 0.2) is 53.5 Å². The second-order valence-electron chi connectivity index (χ2n) is 7.11. The number of guanidine groups is 1. The minimum Gasteiger partial charge on any atom is -0.497 e. The first-order valence-corrected chi connectivity index (χ1v) is 10.2. The molecule has 0 aliphatic carbocycles. The first kappa shape index (κ1) is 21.5. The van der Waals surface area contributed by atoms with Gasteiger partial charge in [0.15, 0.2) is 5.96 Å². The number of aliphatic imine (C=N–C) groups is 1. The summed E-state index contributed by atoms with van der Waals surface area (Å²) in [6.45, 7) is 3.39. The molecule has 3 rings (SSSR count). The molecule has 7 nitrogen and oxygen atoms in total. The molecule has 0 unspecified atom stereocenters. The van der Waals surface area contributed by atoms with Crippen molar-refractivity contribution in [3.63, 3.8) is 0 Å². The van der Waals surface area contributed by atoms with Crippen LogP contribution in [0, 0.1) is 0 Å². The molecule has 1 heterocycles. The molecule has 1 amide bonds. The van der Waals surface area contributed by atoms with Gasteiger partial charge in [-0.1, -0.05) is 24.3 Å². The van der Waals surface area contributed by atoms with Crippen LogP contribution in [0.4, 0.5) is 0 Å². The van der Waals surface area contributed by atoms with Gasteiger partial charge in [0, 0.05) is 33.1 Å². The Morgan fingerprint density at radius 1 is 1.03 bits per heavy atom. The standard InChI is InChI=1S/C23H30N4O3/c1-24-23(25-13-15-30-21-11-9-20(29-2)10-12-21)26-16-18-5-7-19(8-6-18)17-27-14-3-4-22(27)28/h5-12H,3-4,13-17H2,1-2H3,(H2,24,25,26). The average Bonchev–Trinajstić information content (AvgIpc) is 3.19. The van der Waals surface area contributed by atoms with Crippen LogP contribution in [0.1, 0.15) is 24.0 Å². The number of rotatable bonds is 9. The van der Waals surface area contributed by atoms with Gasteiger partial charge in [0.25, 0.3) is 0 Å². The first-order valence-electron chi connectivity index (χ1n) is 10.2. The van der Waals surface area contributed by atoms with E-state index < -0.39 is 0 Å². The molecule has 0 saturated carbocycles. The van der Waals surface area contributed by atoms with Crippen molar-refractivity contribution in [3.8, 4) is 11.5 Å². The quantitative estimate of drug-likeness (QED) is 0.378. The fourth-order valence-corrected chi connectivity index (χ4v) is 3.27. The minimum absolute atomic E-state index is 0.256. The van der Waals surface area contributed by atoms with Crippen LogP contribution in [0.5, 0.6) is 11.5 Å². The smallest absolute Gasteiger partial charge is 0.222 e. The van der Waals surface area contributed by atoms with Crippen LogP contribution < -0.4 is 20.1 Å². The zero-order chi connectivity index (χ0) is 21.2. The number of methoxy groups -OCH3 is 1. The summed E-state index contributed by atoms with van der Waals surface area (Å²) in [5.74, 6) is 2.59. The summed E-state index contributed by atoms with van der Waals surface area (Å²) >= 11 is 0. The van der Waals surface area contributed by atoms with E-state index in [4.69, 9.17) is 9.47 Å². The number of nitrogens with one attached hydrogen (secondary N) is 2. The summed E-state index contributed by atoms with van der Waals surface area (Å²) in [5.41, 5.74) is 2.32. The highest BCUT2D eigenvalue weighted by molar-refractivity contribution is 5.79. The molecule has 1 aliphatic heterocycles. The van der Waals surface area contributed by atoms with Gasteiger partial charge in [0.2, 0.25) is 5.91 Å². The number of hydrogen-bond acceptors (Lipinski definition) is 4. The molecular formula is C23H30N4O3. The molecule has 1 saturated heterocycles. The highest BCUT2D eigenvalue weighted by atomic mass is 16.5. The number of ether oxygens (including phenoxy) is 2. The van der Waals surface area contributed by atoms with Crippen molar-refractivity contribution in [2.75, 3.05) is 33.9 Å². The molecule has 1 aliphatic rings. The molecule has 2 aromatic rings. The van der Waals surface area contributed by atoms with E-state index in [9.17, 15) is 4.79 Å². The number of carbonyl (C=O) groups is 1. The van der Waals surface area contributed by atoms with Crippen LogP contribution in [0.2, 0.25) is 0 Å². The van der Waals surface area contributed by atoms with Crippen molar-refractivity contribution in [1.29, 1.82) is 0 Å². The van der Waals surface area contributed by atoms with Crippen molar-refractivity contribution >= 4 is 11.9 Å². The maximum Gasteiger partial charge on any atom is 0.222 e. The lowest BCUT2D eigenvalue weighted by Gasteiger charge is -2.16. The van der Waals surface area contributed by atoms with Crippen molar-refractivity contribution < 1.29 is 14.3 Å². The van der Waals surface area contributed by atoms with Gasteiger partial charge in [0.1, 0.15) is 18.1 Å². The normalized spacial score (nSPS) is 14.0. The van der Waals surface area contributed by atoms with Gasteiger partial charge in [0.05, 0.1) is 13.7 Å². The van der Waals surface area contributed by atoms with E-state index in [2.05, 4.69) is 39.9 Å². The van der Waals surface area contributed by atoms with Crippen molar-refractivity contribution in [1.82, 2.24) is 15.5 Å². The monoisotopic (exact) mass is 410 g/mol. The van der Waals surface area contributed by atoms with Gasteiger partial charge < -0.3 is 25.0 Å². The van der Waals surface area contributed by atoms with E-state index in [1.807, 2.05) is 29.2 Å². The third-order valence-electron chi connectivity index (χ3n) is 4.97. The second-order valence-corrected chi connectivity index (χ2v) is 7.11. The Morgan fingerprint density at radius 3 is 2.37 bits per heavy atom. The molecule has 0 atom stereocenters. The van der Waals surface area contributed by atoms with Crippen LogP contribution >= 0.6 is 0 Å². The predicted octanol–water partition coefficient (Wildman–Crippen LogP) is 2.56. The Labute approximate surface area is 178 Å². The number of benzene rings is 2. The summed E-state index contributed by atoms with van der Waals surface area (Å²) in [6.07, 6.45) is 1.65. The fourth-order valence-electron chi connectivity index (χ4n) is 3.27. The molecule has 1 fully saturated rings. The lowest BCUT2D eigenvalue weighted by molar-refractivity contribution is -0.128. The zero-order valence-electron chi connectivity index (χ0n) is 17.7. The molecule has 2 aromatic carbocycles.